The Morgan fingerprint density at radius 1 is 1.25 bits per heavy atom. The van der Waals surface area contributed by atoms with E-state index in [1.165, 1.54) is 6.42 Å². The largest absolute Gasteiger partial charge is 0.391 e. The molecule has 3 N–H and O–H groups in total. The molecule has 1 aliphatic heterocycles. The van der Waals surface area contributed by atoms with Crippen LogP contribution in [0, 0.1) is 0 Å². The second-order valence-corrected chi connectivity index (χ2v) is 5.02. The Kier molecular flexibility index (Phi) is 4.18. The lowest BCUT2D eigenvalue weighted by Crippen LogP contribution is -2.46. The number of aliphatic hydroxyl groups is 1. The topological polar surface area (TPSA) is 61.4 Å². The van der Waals surface area contributed by atoms with Crippen molar-refractivity contribution in [2.75, 3.05) is 6.54 Å². The number of hydrogen-bond acceptors (Lipinski definition) is 3. The van der Waals surface area contributed by atoms with Gasteiger partial charge in [-0.25, -0.2) is 0 Å². The van der Waals surface area contributed by atoms with Gasteiger partial charge < -0.3 is 15.7 Å². The lowest BCUT2D eigenvalue weighted by molar-refractivity contribution is -0.123. The van der Waals surface area contributed by atoms with E-state index in [0.29, 0.717) is 12.5 Å². The van der Waals surface area contributed by atoms with Gasteiger partial charge in [-0.15, -0.1) is 0 Å². The molecule has 0 spiro atoms. The molecule has 1 saturated heterocycles. The predicted molar refractivity (Wildman–Crippen MR) is 62.0 cm³/mol. The molecule has 2 aliphatic rings. The molecule has 0 aromatic heterocycles. The van der Waals surface area contributed by atoms with Gasteiger partial charge in [-0.05, 0) is 32.2 Å². The molecule has 3 atom stereocenters. The lowest BCUT2D eigenvalue weighted by atomic mass is 9.92. The first kappa shape index (κ1) is 11.9. The van der Waals surface area contributed by atoms with Gasteiger partial charge in [0.1, 0.15) is 0 Å². The summed E-state index contributed by atoms with van der Waals surface area (Å²) in [5.74, 6) is 0.0883. The molecule has 1 amide bonds. The second-order valence-electron chi connectivity index (χ2n) is 5.02. The van der Waals surface area contributed by atoms with Crippen molar-refractivity contribution in [3.8, 4) is 0 Å². The highest BCUT2D eigenvalue weighted by Crippen LogP contribution is 2.18. The number of aliphatic hydroxyl groups excluding tert-OH is 1. The summed E-state index contributed by atoms with van der Waals surface area (Å²) in [6, 6.07) is 0.336. The van der Waals surface area contributed by atoms with Gasteiger partial charge in [0.05, 0.1) is 12.1 Å². The fourth-order valence-corrected chi connectivity index (χ4v) is 2.70. The van der Waals surface area contributed by atoms with E-state index in [4.69, 9.17) is 0 Å². The summed E-state index contributed by atoms with van der Waals surface area (Å²) >= 11 is 0. The summed E-state index contributed by atoms with van der Waals surface area (Å²) < 4.78 is 0. The Bertz CT molecular complexity index is 239. The van der Waals surface area contributed by atoms with Crippen LogP contribution in [0.1, 0.15) is 44.9 Å². The van der Waals surface area contributed by atoms with Crippen LogP contribution in [-0.2, 0) is 4.79 Å². The fourth-order valence-electron chi connectivity index (χ4n) is 2.70. The Morgan fingerprint density at radius 3 is 2.75 bits per heavy atom. The zero-order chi connectivity index (χ0) is 11.4. The first-order chi connectivity index (χ1) is 7.75. The monoisotopic (exact) mass is 226 g/mol. The van der Waals surface area contributed by atoms with E-state index >= 15 is 0 Å². The van der Waals surface area contributed by atoms with Crippen LogP contribution in [0.5, 0.6) is 0 Å². The summed E-state index contributed by atoms with van der Waals surface area (Å²) in [4.78, 5) is 11.8. The van der Waals surface area contributed by atoms with Gasteiger partial charge in [-0.2, -0.15) is 0 Å². The third kappa shape index (κ3) is 3.19. The maximum Gasteiger partial charge on any atom is 0.221 e. The van der Waals surface area contributed by atoms with Crippen LogP contribution < -0.4 is 10.6 Å². The third-order valence-electron chi connectivity index (χ3n) is 3.67. The highest BCUT2D eigenvalue weighted by atomic mass is 16.3. The van der Waals surface area contributed by atoms with Crippen LogP contribution in [0.15, 0.2) is 0 Å². The zero-order valence-electron chi connectivity index (χ0n) is 9.74. The van der Waals surface area contributed by atoms with Gasteiger partial charge in [0.2, 0.25) is 5.91 Å². The molecule has 16 heavy (non-hydrogen) atoms. The van der Waals surface area contributed by atoms with Crippen LogP contribution in [0.2, 0.25) is 0 Å². The second kappa shape index (κ2) is 5.64. The summed E-state index contributed by atoms with van der Waals surface area (Å²) in [5.41, 5.74) is 0. The highest BCUT2D eigenvalue weighted by molar-refractivity contribution is 5.77. The molecule has 92 valence electrons. The molecule has 0 bridgehead atoms. The Balaban J connectivity index is 1.72. The maximum atomic E-state index is 11.8. The first-order valence-corrected chi connectivity index (χ1v) is 6.46. The maximum absolute atomic E-state index is 11.8. The van der Waals surface area contributed by atoms with Crippen molar-refractivity contribution in [1.82, 2.24) is 10.6 Å². The number of nitrogens with one attached hydrogen (secondary N) is 2. The average molecular weight is 226 g/mol. The molecular formula is C12H22N2O2. The van der Waals surface area contributed by atoms with Crippen molar-refractivity contribution in [2.45, 2.75) is 63.1 Å². The molecule has 1 saturated carbocycles. The number of carbonyl (C=O) groups is 1. The van der Waals surface area contributed by atoms with Gasteiger partial charge in [0, 0.05) is 12.5 Å². The molecule has 4 heteroatoms. The molecular weight excluding hydrogens is 204 g/mol. The number of hydrogen-bond donors (Lipinski definition) is 3. The van der Waals surface area contributed by atoms with Crippen molar-refractivity contribution >= 4 is 5.91 Å². The molecule has 1 unspecified atom stereocenters. The number of amides is 1. The Morgan fingerprint density at radius 2 is 2.06 bits per heavy atom. The van der Waals surface area contributed by atoms with Gasteiger partial charge in [0.15, 0.2) is 0 Å². The normalized spacial score (nSPS) is 34.9. The van der Waals surface area contributed by atoms with Crippen LogP contribution >= 0.6 is 0 Å². The van der Waals surface area contributed by atoms with E-state index in [1.54, 1.807) is 0 Å². The molecule has 0 aromatic carbocycles. The van der Waals surface area contributed by atoms with Crippen molar-refractivity contribution < 1.29 is 9.90 Å². The fraction of sp³-hybridized carbons (Fsp3) is 0.917. The van der Waals surface area contributed by atoms with E-state index < -0.39 is 0 Å². The SMILES string of the molecule is O=C(CC1CCCN1)N[C@@H]1CCCC[C@H]1O. The van der Waals surface area contributed by atoms with Gasteiger partial charge >= 0.3 is 0 Å². The van der Waals surface area contributed by atoms with Crippen molar-refractivity contribution in [3.63, 3.8) is 0 Å². The summed E-state index contributed by atoms with van der Waals surface area (Å²) in [6.07, 6.45) is 6.43. The van der Waals surface area contributed by atoms with Gasteiger partial charge in [-0.3, -0.25) is 4.79 Å². The number of carbonyl (C=O) groups excluding carboxylic acids is 1. The van der Waals surface area contributed by atoms with E-state index in [2.05, 4.69) is 10.6 Å². The minimum Gasteiger partial charge on any atom is -0.391 e. The third-order valence-corrected chi connectivity index (χ3v) is 3.67. The van der Waals surface area contributed by atoms with Crippen molar-refractivity contribution in [2.24, 2.45) is 0 Å². The first-order valence-electron chi connectivity index (χ1n) is 6.46. The minimum atomic E-state index is -0.339. The van der Waals surface area contributed by atoms with Crippen molar-refractivity contribution in [1.29, 1.82) is 0 Å². The smallest absolute Gasteiger partial charge is 0.221 e. The van der Waals surface area contributed by atoms with Crippen LogP contribution in [0.3, 0.4) is 0 Å². The highest BCUT2D eigenvalue weighted by Gasteiger charge is 2.25. The zero-order valence-corrected chi connectivity index (χ0v) is 9.74. The van der Waals surface area contributed by atoms with Crippen LogP contribution in [0.4, 0.5) is 0 Å². The van der Waals surface area contributed by atoms with E-state index in [0.717, 1.165) is 38.6 Å². The standard InChI is InChI=1S/C12H22N2O2/c15-11-6-2-1-5-10(11)14-12(16)8-9-4-3-7-13-9/h9-11,13,15H,1-8H2,(H,14,16)/t9?,10-,11-/m1/s1. The quantitative estimate of drug-likeness (QED) is 0.658. The molecule has 1 aliphatic carbocycles. The lowest BCUT2D eigenvalue weighted by Gasteiger charge is -2.28. The number of rotatable bonds is 3. The van der Waals surface area contributed by atoms with E-state index in [1.807, 2.05) is 0 Å². The molecule has 1 heterocycles. The van der Waals surface area contributed by atoms with Crippen molar-refractivity contribution in [3.05, 3.63) is 0 Å². The van der Waals surface area contributed by atoms with Crippen LogP contribution in [-0.4, -0.2) is 35.7 Å². The van der Waals surface area contributed by atoms with Gasteiger partial charge in [-0.1, -0.05) is 12.8 Å². The molecule has 4 nitrogen and oxygen atoms in total. The minimum absolute atomic E-state index is 0.0114. The molecule has 0 aromatic rings. The summed E-state index contributed by atoms with van der Waals surface area (Å²) in [7, 11) is 0. The molecule has 2 rings (SSSR count). The van der Waals surface area contributed by atoms with Crippen LogP contribution in [0.25, 0.3) is 0 Å². The van der Waals surface area contributed by atoms with E-state index in [9.17, 15) is 9.90 Å². The average Bonchev–Trinajstić information content (AvgIpc) is 2.74. The molecule has 0 radical (unpaired) electrons. The van der Waals surface area contributed by atoms with Gasteiger partial charge in [0.25, 0.3) is 0 Å². The summed E-state index contributed by atoms with van der Waals surface area (Å²) in [5, 5.41) is 16.0. The summed E-state index contributed by atoms with van der Waals surface area (Å²) in [6.45, 7) is 1.03. The van der Waals surface area contributed by atoms with E-state index in [-0.39, 0.29) is 18.1 Å². The molecule has 2 fully saturated rings. The Labute approximate surface area is 96.8 Å². The predicted octanol–water partition coefficient (Wildman–Crippen LogP) is 0.548. The Hall–Kier alpha value is -0.610.